The van der Waals surface area contributed by atoms with E-state index in [-0.39, 0.29) is 5.82 Å². The van der Waals surface area contributed by atoms with Gasteiger partial charge in [0.15, 0.2) is 17.1 Å². The van der Waals surface area contributed by atoms with Crippen molar-refractivity contribution in [1.29, 1.82) is 0 Å². The second kappa shape index (κ2) is 7.28. The molecule has 0 N–H and O–H groups in total. The Balaban J connectivity index is 1.65. The van der Waals surface area contributed by atoms with Crippen molar-refractivity contribution >= 4 is 28.3 Å². The van der Waals surface area contributed by atoms with Crippen LogP contribution >= 0.6 is 11.6 Å². The first-order valence-electron chi connectivity index (χ1n) is 10.0. The molecule has 6 rings (SSSR count). The lowest BCUT2D eigenvalue weighted by Gasteiger charge is -2.04. The Morgan fingerprint density at radius 1 is 0.781 bits per heavy atom. The summed E-state index contributed by atoms with van der Waals surface area (Å²) in [6.45, 7) is 0. The number of rotatable bonds is 3. The molecule has 3 aromatic heterocycles. The Morgan fingerprint density at radius 3 is 2.28 bits per heavy atom. The molecule has 0 saturated carbocycles. The molecule has 0 unspecified atom stereocenters. The Kier molecular flexibility index (Phi) is 4.26. The molecular formula is C25H15ClFN5. The summed E-state index contributed by atoms with van der Waals surface area (Å²) in [6.07, 6.45) is 3.66. The van der Waals surface area contributed by atoms with E-state index in [4.69, 9.17) is 16.6 Å². The molecular weight excluding hydrogens is 425 g/mol. The molecule has 0 saturated heterocycles. The largest absolute Gasteiger partial charge is 0.301 e. The summed E-state index contributed by atoms with van der Waals surface area (Å²) in [5.41, 5.74) is 5.10. The molecule has 7 heteroatoms. The van der Waals surface area contributed by atoms with Crippen molar-refractivity contribution < 1.29 is 4.39 Å². The summed E-state index contributed by atoms with van der Waals surface area (Å²) in [5.74, 6) is 0.304. The Morgan fingerprint density at radius 2 is 1.53 bits per heavy atom. The lowest BCUT2D eigenvalue weighted by atomic mass is 10.1. The van der Waals surface area contributed by atoms with Crippen molar-refractivity contribution in [2.45, 2.75) is 0 Å². The number of hydrogen-bond acceptors (Lipinski definition) is 3. The van der Waals surface area contributed by atoms with E-state index in [9.17, 15) is 4.39 Å². The molecule has 0 fully saturated rings. The lowest BCUT2D eigenvalue weighted by molar-refractivity contribution is 0.627. The fourth-order valence-electron chi connectivity index (χ4n) is 3.88. The van der Waals surface area contributed by atoms with Crippen LogP contribution in [-0.4, -0.2) is 24.1 Å². The molecule has 5 nitrogen and oxygen atoms in total. The first-order valence-corrected chi connectivity index (χ1v) is 10.4. The van der Waals surface area contributed by atoms with Gasteiger partial charge in [0.25, 0.3) is 0 Å². The zero-order valence-electron chi connectivity index (χ0n) is 16.7. The first kappa shape index (κ1) is 18.7. The summed E-state index contributed by atoms with van der Waals surface area (Å²) < 4.78 is 17.2. The van der Waals surface area contributed by atoms with Gasteiger partial charge in [-0.25, -0.2) is 18.9 Å². The predicted molar refractivity (Wildman–Crippen MR) is 123 cm³/mol. The van der Waals surface area contributed by atoms with Crippen LogP contribution < -0.4 is 0 Å². The molecule has 0 amide bonds. The van der Waals surface area contributed by atoms with E-state index >= 15 is 0 Å². The Bertz CT molecular complexity index is 1570. The first-order chi connectivity index (χ1) is 15.7. The van der Waals surface area contributed by atoms with Gasteiger partial charge in [-0.3, -0.25) is 0 Å². The zero-order valence-corrected chi connectivity index (χ0v) is 17.4. The molecule has 154 valence electrons. The van der Waals surface area contributed by atoms with E-state index in [1.165, 1.54) is 12.1 Å². The maximum Gasteiger partial charge on any atom is 0.182 e. The molecule has 0 aliphatic heterocycles. The van der Waals surface area contributed by atoms with E-state index in [1.54, 1.807) is 23.0 Å². The third-order valence-electron chi connectivity index (χ3n) is 5.42. The van der Waals surface area contributed by atoms with E-state index in [0.717, 1.165) is 33.4 Å². The summed E-state index contributed by atoms with van der Waals surface area (Å²) >= 11 is 6.03. The van der Waals surface area contributed by atoms with Crippen molar-refractivity contribution in [1.82, 2.24) is 24.1 Å². The van der Waals surface area contributed by atoms with Crippen LogP contribution in [0.5, 0.6) is 0 Å². The highest BCUT2D eigenvalue weighted by Crippen LogP contribution is 2.34. The molecule has 3 heterocycles. The molecule has 0 aliphatic rings. The maximum absolute atomic E-state index is 13.5. The van der Waals surface area contributed by atoms with Gasteiger partial charge < -0.3 is 4.57 Å². The van der Waals surface area contributed by atoms with Crippen LogP contribution in [0.2, 0.25) is 5.02 Å². The minimum absolute atomic E-state index is 0.283. The zero-order chi connectivity index (χ0) is 21.7. The quantitative estimate of drug-likeness (QED) is 0.330. The molecule has 0 atom stereocenters. The highest BCUT2D eigenvalue weighted by atomic mass is 35.5. The molecule has 0 spiro atoms. The predicted octanol–water partition coefficient (Wildman–Crippen LogP) is 6.19. The van der Waals surface area contributed by atoms with Gasteiger partial charge in [-0.05, 0) is 54.1 Å². The van der Waals surface area contributed by atoms with Gasteiger partial charge in [0.2, 0.25) is 0 Å². The van der Waals surface area contributed by atoms with Gasteiger partial charge in [0.05, 0.1) is 5.39 Å². The normalized spacial score (nSPS) is 11.4. The van der Waals surface area contributed by atoms with E-state index in [2.05, 4.69) is 10.1 Å². The van der Waals surface area contributed by atoms with Crippen molar-refractivity contribution in [2.24, 2.45) is 0 Å². The maximum atomic E-state index is 13.5. The standard InChI is InChI=1S/C25H15ClFN5/c26-18-8-6-17(7-9-18)23-29-25-22-21(16-4-2-1-3-5-16)14-31(20-12-10-19(27)11-13-20)24(22)28-15-32(25)30-23/h1-15H. The van der Waals surface area contributed by atoms with Crippen LogP contribution in [0.15, 0.2) is 91.4 Å². The fourth-order valence-corrected chi connectivity index (χ4v) is 4.01. The van der Waals surface area contributed by atoms with Gasteiger partial charge in [-0.15, -0.1) is 5.10 Å². The monoisotopic (exact) mass is 439 g/mol. The molecule has 32 heavy (non-hydrogen) atoms. The smallest absolute Gasteiger partial charge is 0.182 e. The van der Waals surface area contributed by atoms with Gasteiger partial charge in [-0.2, -0.15) is 0 Å². The lowest BCUT2D eigenvalue weighted by Crippen LogP contribution is -1.96. The van der Waals surface area contributed by atoms with Crippen molar-refractivity contribution in [3.63, 3.8) is 0 Å². The van der Waals surface area contributed by atoms with Gasteiger partial charge in [0.1, 0.15) is 12.1 Å². The van der Waals surface area contributed by atoms with Crippen molar-refractivity contribution in [3.8, 4) is 28.2 Å². The summed E-state index contributed by atoms with van der Waals surface area (Å²) in [4.78, 5) is 9.53. The number of halogens is 2. The third kappa shape index (κ3) is 3.04. The van der Waals surface area contributed by atoms with Crippen LogP contribution in [0.3, 0.4) is 0 Å². The highest BCUT2D eigenvalue weighted by molar-refractivity contribution is 6.30. The molecule has 0 aliphatic carbocycles. The van der Waals surface area contributed by atoms with Crippen molar-refractivity contribution in [2.75, 3.05) is 0 Å². The van der Waals surface area contributed by atoms with Gasteiger partial charge in [0, 0.05) is 28.0 Å². The van der Waals surface area contributed by atoms with Crippen LogP contribution in [0.25, 0.3) is 44.9 Å². The summed E-state index contributed by atoms with van der Waals surface area (Å²) in [7, 11) is 0. The minimum Gasteiger partial charge on any atom is -0.301 e. The molecule has 0 bridgehead atoms. The second-order valence-electron chi connectivity index (χ2n) is 7.41. The van der Waals surface area contributed by atoms with Crippen LogP contribution in [-0.2, 0) is 0 Å². The van der Waals surface area contributed by atoms with Crippen LogP contribution in [0, 0.1) is 5.82 Å². The minimum atomic E-state index is -0.283. The average molecular weight is 440 g/mol. The summed E-state index contributed by atoms with van der Waals surface area (Å²) in [6, 6.07) is 23.8. The van der Waals surface area contributed by atoms with E-state index in [0.29, 0.717) is 16.5 Å². The highest BCUT2D eigenvalue weighted by Gasteiger charge is 2.19. The molecule has 6 aromatic rings. The Hall–Kier alpha value is -4.03. The number of hydrogen-bond donors (Lipinski definition) is 0. The SMILES string of the molecule is Fc1ccc(-n2cc(-c3ccccc3)c3c2ncn2nc(-c4ccc(Cl)cc4)nc32)cc1. The van der Waals surface area contributed by atoms with E-state index < -0.39 is 0 Å². The number of fused-ring (bicyclic) bond motifs is 3. The number of nitrogens with zero attached hydrogens (tertiary/aromatic N) is 5. The van der Waals surface area contributed by atoms with Crippen molar-refractivity contribution in [3.05, 3.63) is 102 Å². The third-order valence-corrected chi connectivity index (χ3v) is 5.67. The Labute approximate surface area is 187 Å². The van der Waals surface area contributed by atoms with Crippen LogP contribution in [0.1, 0.15) is 0 Å². The fraction of sp³-hybridized carbons (Fsp3) is 0. The average Bonchev–Trinajstić information content (AvgIpc) is 3.42. The van der Waals surface area contributed by atoms with Gasteiger partial charge in [-0.1, -0.05) is 41.9 Å². The topological polar surface area (TPSA) is 48.0 Å². The number of benzene rings is 3. The molecule has 3 aromatic carbocycles. The second-order valence-corrected chi connectivity index (χ2v) is 7.85. The van der Waals surface area contributed by atoms with Gasteiger partial charge >= 0.3 is 0 Å². The van der Waals surface area contributed by atoms with Crippen LogP contribution in [0.4, 0.5) is 4.39 Å². The van der Waals surface area contributed by atoms with E-state index in [1.807, 2.05) is 65.4 Å². The number of aromatic nitrogens is 5. The summed E-state index contributed by atoms with van der Waals surface area (Å²) in [5, 5.41) is 6.16. The molecule has 0 radical (unpaired) electrons.